The molecule has 0 saturated heterocycles. The summed E-state index contributed by atoms with van der Waals surface area (Å²) >= 11 is 0. The number of nitrogens with one attached hydrogen (secondary N) is 2. The minimum Gasteiger partial charge on any atom is -0.457 e. The molecule has 9 nitrogen and oxygen atoms in total. The summed E-state index contributed by atoms with van der Waals surface area (Å²) < 4.78 is 22.0. The van der Waals surface area contributed by atoms with Crippen molar-refractivity contribution < 1.29 is 13.9 Å². The number of urea groups is 1. The number of pyridine rings is 2. The first-order valence-electron chi connectivity index (χ1n) is 11.8. The van der Waals surface area contributed by atoms with Crippen molar-refractivity contribution in [1.82, 2.24) is 19.7 Å². The second-order valence-corrected chi connectivity index (χ2v) is 8.71. The highest BCUT2D eigenvalue weighted by atomic mass is 19.1. The van der Waals surface area contributed by atoms with Crippen molar-refractivity contribution in [1.29, 1.82) is 5.26 Å². The zero-order valence-corrected chi connectivity index (χ0v) is 20.5. The Labute approximate surface area is 217 Å². The van der Waals surface area contributed by atoms with Gasteiger partial charge in [-0.15, -0.1) is 0 Å². The van der Waals surface area contributed by atoms with Crippen molar-refractivity contribution in [3.05, 3.63) is 96.3 Å². The minimum absolute atomic E-state index is 0.0331. The Kier molecular flexibility index (Phi) is 6.65. The van der Waals surface area contributed by atoms with E-state index in [1.807, 2.05) is 50.2 Å². The van der Waals surface area contributed by atoms with Crippen molar-refractivity contribution in [2.24, 2.45) is 0 Å². The first kappa shape index (κ1) is 24.4. The lowest BCUT2D eigenvalue weighted by atomic mass is 10.1. The molecule has 0 aliphatic carbocycles. The molecule has 5 rings (SSSR count). The van der Waals surface area contributed by atoms with Gasteiger partial charge in [-0.2, -0.15) is 10.4 Å². The maximum Gasteiger partial charge on any atom is 0.324 e. The van der Waals surface area contributed by atoms with Crippen LogP contribution >= 0.6 is 0 Å². The van der Waals surface area contributed by atoms with E-state index in [1.54, 1.807) is 23.0 Å². The fraction of sp³-hybridized carbons (Fsp3) is 0.107. The second kappa shape index (κ2) is 10.4. The number of carbonyl (C=O) groups is 1. The summed E-state index contributed by atoms with van der Waals surface area (Å²) in [5.41, 5.74) is 2.52. The van der Waals surface area contributed by atoms with Gasteiger partial charge in [0, 0.05) is 36.0 Å². The van der Waals surface area contributed by atoms with Crippen molar-refractivity contribution in [2.75, 3.05) is 10.6 Å². The van der Waals surface area contributed by atoms with Gasteiger partial charge in [-0.3, -0.25) is 10.3 Å². The predicted molar refractivity (Wildman–Crippen MR) is 141 cm³/mol. The molecule has 5 aromatic rings. The van der Waals surface area contributed by atoms with E-state index in [1.165, 1.54) is 24.4 Å². The Morgan fingerprint density at radius 2 is 1.84 bits per heavy atom. The zero-order chi connectivity index (χ0) is 26.6. The number of fused-ring (bicyclic) bond motifs is 1. The van der Waals surface area contributed by atoms with Gasteiger partial charge < -0.3 is 10.1 Å². The molecule has 0 radical (unpaired) electrons. The van der Waals surface area contributed by atoms with Crippen molar-refractivity contribution >= 4 is 28.4 Å². The van der Waals surface area contributed by atoms with Gasteiger partial charge in [0.05, 0.1) is 22.6 Å². The number of ether oxygens (including phenoxy) is 1. The Balaban J connectivity index is 1.34. The number of anilines is 2. The maximum atomic E-state index is 14.8. The highest BCUT2D eigenvalue weighted by Crippen LogP contribution is 2.27. The first-order chi connectivity index (χ1) is 18.4. The van der Waals surface area contributed by atoms with Gasteiger partial charge >= 0.3 is 6.03 Å². The molecule has 0 bridgehead atoms. The van der Waals surface area contributed by atoms with Gasteiger partial charge in [0.25, 0.3) is 0 Å². The van der Waals surface area contributed by atoms with Gasteiger partial charge in [-0.1, -0.05) is 19.9 Å². The quantitative estimate of drug-likeness (QED) is 0.275. The topological polar surface area (TPSA) is 118 Å². The Morgan fingerprint density at radius 3 is 2.63 bits per heavy atom. The number of halogens is 1. The van der Waals surface area contributed by atoms with E-state index in [0.717, 1.165) is 28.4 Å². The van der Waals surface area contributed by atoms with Gasteiger partial charge in [-0.25, -0.2) is 18.9 Å². The number of rotatable bonds is 6. The SMILES string of the molecule is CC(C)c1cc(NC(=O)Nc2ccc(Oc3ccnc(C#N)c3)cc2F)n(-c2ccc3ncccc3c2)n1. The first-order valence-corrected chi connectivity index (χ1v) is 11.8. The van der Waals surface area contributed by atoms with E-state index in [2.05, 4.69) is 25.7 Å². The molecule has 0 unspecified atom stereocenters. The van der Waals surface area contributed by atoms with Gasteiger partial charge in [-0.05, 0) is 48.4 Å². The standard InChI is InChI=1S/C28H22FN7O2/c1-17(2)26-15-27(36(35-26)20-5-7-24-18(12-20)4-3-10-32-24)34-28(37)33-25-8-6-21(14-23(25)29)38-22-9-11-31-19(13-22)16-30/h3-15,17H,1-2H3,(H2,33,34,37). The predicted octanol–water partition coefficient (Wildman–Crippen LogP) is 6.39. The van der Waals surface area contributed by atoms with E-state index in [-0.39, 0.29) is 23.0 Å². The molecular weight excluding hydrogens is 485 g/mol. The molecule has 2 N–H and O–H groups in total. The number of hydrogen-bond acceptors (Lipinski definition) is 6. The van der Waals surface area contributed by atoms with Crippen LogP contribution in [0, 0.1) is 17.1 Å². The minimum atomic E-state index is -0.689. The molecule has 3 heterocycles. The van der Waals surface area contributed by atoms with Crippen LogP contribution < -0.4 is 15.4 Å². The van der Waals surface area contributed by atoms with Crippen LogP contribution in [0.2, 0.25) is 0 Å². The van der Waals surface area contributed by atoms with Crippen LogP contribution in [0.15, 0.2) is 79.1 Å². The lowest BCUT2D eigenvalue weighted by molar-refractivity contribution is 0.262. The molecular formula is C28H22FN7O2. The van der Waals surface area contributed by atoms with E-state index in [9.17, 15) is 9.18 Å². The van der Waals surface area contributed by atoms with Crippen LogP contribution in [-0.2, 0) is 0 Å². The molecule has 0 aliphatic heterocycles. The van der Waals surface area contributed by atoms with Crippen LogP contribution in [-0.4, -0.2) is 25.8 Å². The molecule has 2 amide bonds. The van der Waals surface area contributed by atoms with E-state index < -0.39 is 11.8 Å². The van der Waals surface area contributed by atoms with Crippen LogP contribution in [0.4, 0.5) is 20.7 Å². The molecule has 10 heteroatoms. The van der Waals surface area contributed by atoms with Gasteiger partial charge in [0.2, 0.25) is 0 Å². The molecule has 3 aromatic heterocycles. The zero-order valence-electron chi connectivity index (χ0n) is 20.5. The fourth-order valence-electron chi connectivity index (χ4n) is 3.76. The summed E-state index contributed by atoms with van der Waals surface area (Å²) in [6.07, 6.45) is 3.15. The monoisotopic (exact) mass is 507 g/mol. The molecule has 0 spiro atoms. The summed E-state index contributed by atoms with van der Waals surface area (Å²) in [5.74, 6) is 0.407. The molecule has 2 aromatic carbocycles. The highest BCUT2D eigenvalue weighted by Gasteiger charge is 2.16. The number of nitrogens with zero attached hydrogens (tertiary/aromatic N) is 5. The lowest BCUT2D eigenvalue weighted by Crippen LogP contribution is -2.22. The summed E-state index contributed by atoms with van der Waals surface area (Å²) in [6.45, 7) is 4.01. The van der Waals surface area contributed by atoms with Crippen molar-refractivity contribution in [3.63, 3.8) is 0 Å². The van der Waals surface area contributed by atoms with Crippen LogP contribution in [0.5, 0.6) is 11.5 Å². The molecule has 0 fully saturated rings. The number of benzene rings is 2. The van der Waals surface area contributed by atoms with Crippen molar-refractivity contribution in [3.8, 4) is 23.3 Å². The Bertz CT molecular complexity index is 1690. The number of amides is 2. The third-order valence-electron chi connectivity index (χ3n) is 5.66. The summed E-state index contributed by atoms with van der Waals surface area (Å²) in [4.78, 5) is 21.1. The van der Waals surface area contributed by atoms with Gasteiger partial charge in [0.15, 0.2) is 0 Å². The number of carbonyl (C=O) groups excluding carboxylic acids is 1. The maximum absolute atomic E-state index is 14.8. The van der Waals surface area contributed by atoms with Crippen LogP contribution in [0.1, 0.15) is 31.2 Å². The molecule has 0 atom stereocenters. The second-order valence-electron chi connectivity index (χ2n) is 8.71. The van der Waals surface area contributed by atoms with Crippen LogP contribution in [0.3, 0.4) is 0 Å². The third-order valence-corrected chi connectivity index (χ3v) is 5.66. The smallest absolute Gasteiger partial charge is 0.324 e. The Hall–Kier alpha value is -5.30. The number of hydrogen-bond donors (Lipinski definition) is 2. The normalized spacial score (nSPS) is 10.8. The average Bonchev–Trinajstić information content (AvgIpc) is 3.34. The average molecular weight is 508 g/mol. The van der Waals surface area contributed by atoms with E-state index in [0.29, 0.717) is 11.6 Å². The summed E-state index contributed by atoms with van der Waals surface area (Å²) in [7, 11) is 0. The molecule has 188 valence electrons. The molecule has 38 heavy (non-hydrogen) atoms. The molecule has 0 aliphatic rings. The third kappa shape index (κ3) is 5.27. The largest absolute Gasteiger partial charge is 0.457 e. The van der Waals surface area contributed by atoms with E-state index in [4.69, 9.17) is 10.00 Å². The Morgan fingerprint density at radius 1 is 1.00 bits per heavy atom. The number of aromatic nitrogens is 4. The fourth-order valence-corrected chi connectivity index (χ4v) is 3.76. The van der Waals surface area contributed by atoms with Crippen LogP contribution in [0.25, 0.3) is 16.6 Å². The summed E-state index contributed by atoms with van der Waals surface area (Å²) in [5, 5.41) is 19.9. The lowest BCUT2D eigenvalue weighted by Gasteiger charge is -2.12. The highest BCUT2D eigenvalue weighted by molar-refractivity contribution is 5.99. The van der Waals surface area contributed by atoms with E-state index >= 15 is 0 Å². The molecule has 0 saturated carbocycles. The summed E-state index contributed by atoms with van der Waals surface area (Å²) in [6, 6.07) is 19.6. The number of nitriles is 1. The van der Waals surface area contributed by atoms with Crippen molar-refractivity contribution in [2.45, 2.75) is 19.8 Å². The van der Waals surface area contributed by atoms with Gasteiger partial charge in [0.1, 0.15) is 34.9 Å².